The molecule has 1 atom stereocenters. The van der Waals surface area contributed by atoms with Crippen molar-refractivity contribution in [2.24, 2.45) is 0 Å². The first-order valence-electron chi connectivity index (χ1n) is 8.35. The van der Waals surface area contributed by atoms with E-state index >= 15 is 0 Å². The van der Waals surface area contributed by atoms with Gasteiger partial charge in [-0.3, -0.25) is 4.90 Å². The third kappa shape index (κ3) is 2.49. The largest absolute Gasteiger partial charge is 0.340 e. The minimum absolute atomic E-state index is 0.136. The lowest BCUT2D eigenvalue weighted by atomic mass is 10.2. The highest BCUT2D eigenvalue weighted by molar-refractivity contribution is 5.76. The van der Waals surface area contributed by atoms with E-state index < -0.39 is 0 Å². The number of fused-ring (bicyclic) bond motifs is 1. The smallest absolute Gasteiger partial charge is 0.223 e. The standard InChI is InChI=1S/C17H20FN5O/c1-3-23-13-7-4-6-12(18)16(13)20-15(23)10-22-9-5-8-14(22)17-19-11(2)24-21-17/h4,6-7,14H,3,5,8-10H2,1-2H3. The van der Waals surface area contributed by atoms with E-state index in [1.165, 1.54) is 6.07 Å². The van der Waals surface area contributed by atoms with Crippen LogP contribution in [0.3, 0.4) is 0 Å². The Labute approximate surface area is 139 Å². The molecule has 7 heteroatoms. The highest BCUT2D eigenvalue weighted by Gasteiger charge is 2.31. The molecule has 1 aromatic carbocycles. The van der Waals surface area contributed by atoms with Crippen molar-refractivity contribution < 1.29 is 8.91 Å². The Balaban J connectivity index is 1.67. The Morgan fingerprint density at radius 2 is 2.21 bits per heavy atom. The lowest BCUT2D eigenvalue weighted by Gasteiger charge is -2.21. The average Bonchev–Trinajstić information content (AvgIpc) is 3.26. The Morgan fingerprint density at radius 1 is 1.33 bits per heavy atom. The number of halogens is 1. The number of aromatic nitrogens is 4. The van der Waals surface area contributed by atoms with Crippen molar-refractivity contribution >= 4 is 11.0 Å². The summed E-state index contributed by atoms with van der Waals surface area (Å²) in [5.74, 6) is 1.92. The van der Waals surface area contributed by atoms with Gasteiger partial charge in [-0.15, -0.1) is 0 Å². The molecule has 24 heavy (non-hydrogen) atoms. The highest BCUT2D eigenvalue weighted by atomic mass is 19.1. The molecule has 1 saturated heterocycles. The predicted molar refractivity (Wildman–Crippen MR) is 86.8 cm³/mol. The molecule has 2 aromatic heterocycles. The molecule has 1 aliphatic heterocycles. The molecule has 0 amide bonds. The summed E-state index contributed by atoms with van der Waals surface area (Å²) in [4.78, 5) is 11.2. The van der Waals surface area contributed by atoms with Gasteiger partial charge in [0.1, 0.15) is 11.3 Å². The molecule has 0 N–H and O–H groups in total. The molecule has 3 heterocycles. The third-order valence-corrected chi connectivity index (χ3v) is 4.67. The van der Waals surface area contributed by atoms with Crippen molar-refractivity contribution in [3.8, 4) is 0 Å². The van der Waals surface area contributed by atoms with E-state index in [0.29, 0.717) is 18.0 Å². The maximum Gasteiger partial charge on any atom is 0.223 e. The van der Waals surface area contributed by atoms with Crippen LogP contribution >= 0.6 is 0 Å². The van der Waals surface area contributed by atoms with Crippen LogP contribution in [0.15, 0.2) is 22.7 Å². The van der Waals surface area contributed by atoms with Crippen LogP contribution in [-0.2, 0) is 13.1 Å². The van der Waals surface area contributed by atoms with Crippen molar-refractivity contribution in [1.29, 1.82) is 0 Å². The van der Waals surface area contributed by atoms with Gasteiger partial charge in [-0.2, -0.15) is 4.98 Å². The quantitative estimate of drug-likeness (QED) is 0.735. The molecule has 6 nitrogen and oxygen atoms in total. The number of benzene rings is 1. The van der Waals surface area contributed by atoms with Gasteiger partial charge >= 0.3 is 0 Å². The lowest BCUT2D eigenvalue weighted by Crippen LogP contribution is -2.25. The van der Waals surface area contributed by atoms with Crippen molar-refractivity contribution in [2.45, 2.75) is 45.8 Å². The fourth-order valence-electron chi connectivity index (χ4n) is 3.57. The second-order valence-electron chi connectivity index (χ2n) is 6.18. The molecule has 1 fully saturated rings. The van der Waals surface area contributed by atoms with E-state index in [4.69, 9.17) is 4.52 Å². The zero-order valence-corrected chi connectivity index (χ0v) is 13.9. The van der Waals surface area contributed by atoms with Crippen LogP contribution < -0.4 is 0 Å². The van der Waals surface area contributed by atoms with Crippen LogP contribution in [0, 0.1) is 12.7 Å². The summed E-state index contributed by atoms with van der Waals surface area (Å²) in [6.45, 7) is 6.22. The molecular weight excluding hydrogens is 309 g/mol. The van der Waals surface area contributed by atoms with Gasteiger partial charge in [-0.1, -0.05) is 11.2 Å². The molecule has 0 saturated carbocycles. The van der Waals surface area contributed by atoms with Crippen molar-refractivity contribution in [1.82, 2.24) is 24.6 Å². The number of hydrogen-bond acceptors (Lipinski definition) is 5. The molecule has 0 bridgehead atoms. The summed E-state index contributed by atoms with van der Waals surface area (Å²) in [6, 6.07) is 5.25. The SMILES string of the molecule is CCn1c(CN2CCCC2c2noc(C)n2)nc2c(F)cccc21. The Hall–Kier alpha value is -2.28. The monoisotopic (exact) mass is 329 g/mol. The summed E-state index contributed by atoms with van der Waals surface area (Å²) in [5, 5.41) is 4.07. The van der Waals surface area contributed by atoms with E-state index in [-0.39, 0.29) is 11.9 Å². The van der Waals surface area contributed by atoms with Gasteiger partial charge in [0.05, 0.1) is 18.1 Å². The second-order valence-corrected chi connectivity index (χ2v) is 6.18. The molecule has 126 valence electrons. The molecule has 1 unspecified atom stereocenters. The van der Waals surface area contributed by atoms with Gasteiger partial charge in [0.2, 0.25) is 5.89 Å². The topological polar surface area (TPSA) is 60.0 Å². The van der Waals surface area contributed by atoms with Crippen LogP contribution in [-0.4, -0.2) is 31.1 Å². The molecule has 3 aromatic rings. The first-order chi connectivity index (χ1) is 11.7. The second kappa shape index (κ2) is 5.98. The maximum absolute atomic E-state index is 14.1. The number of imidazole rings is 1. The molecular formula is C17H20FN5O. The minimum atomic E-state index is -0.271. The maximum atomic E-state index is 14.1. The fourth-order valence-corrected chi connectivity index (χ4v) is 3.57. The number of para-hydroxylation sites is 1. The number of nitrogens with zero attached hydrogens (tertiary/aromatic N) is 5. The van der Waals surface area contributed by atoms with E-state index in [2.05, 4.69) is 31.5 Å². The van der Waals surface area contributed by atoms with Crippen molar-refractivity contribution in [3.05, 3.63) is 41.6 Å². The summed E-state index contributed by atoms with van der Waals surface area (Å²) in [5.41, 5.74) is 1.29. The zero-order chi connectivity index (χ0) is 16.7. The summed E-state index contributed by atoms with van der Waals surface area (Å²) < 4.78 is 21.3. The molecule has 0 aliphatic carbocycles. The third-order valence-electron chi connectivity index (χ3n) is 4.67. The average molecular weight is 329 g/mol. The van der Waals surface area contributed by atoms with Gasteiger partial charge in [-0.05, 0) is 38.4 Å². The van der Waals surface area contributed by atoms with Crippen LogP contribution in [0.2, 0.25) is 0 Å². The van der Waals surface area contributed by atoms with Gasteiger partial charge in [0.15, 0.2) is 11.6 Å². The Morgan fingerprint density at radius 3 is 2.96 bits per heavy atom. The van der Waals surface area contributed by atoms with Crippen molar-refractivity contribution in [2.75, 3.05) is 6.54 Å². The van der Waals surface area contributed by atoms with E-state index in [1.54, 1.807) is 13.0 Å². The van der Waals surface area contributed by atoms with Gasteiger partial charge in [-0.25, -0.2) is 9.37 Å². The van der Waals surface area contributed by atoms with Crippen LogP contribution in [0.25, 0.3) is 11.0 Å². The summed E-state index contributed by atoms with van der Waals surface area (Å²) in [7, 11) is 0. The predicted octanol–water partition coefficient (Wildman–Crippen LogP) is 3.22. The van der Waals surface area contributed by atoms with Gasteiger partial charge in [0, 0.05) is 13.5 Å². The number of rotatable bonds is 4. The van der Waals surface area contributed by atoms with Crippen LogP contribution in [0.4, 0.5) is 4.39 Å². The normalized spacial score (nSPS) is 18.7. The zero-order valence-electron chi connectivity index (χ0n) is 13.9. The molecule has 0 radical (unpaired) electrons. The van der Waals surface area contributed by atoms with E-state index in [0.717, 1.165) is 43.1 Å². The number of aryl methyl sites for hydroxylation is 2. The van der Waals surface area contributed by atoms with Gasteiger partial charge < -0.3 is 9.09 Å². The van der Waals surface area contributed by atoms with E-state index in [9.17, 15) is 4.39 Å². The first-order valence-corrected chi connectivity index (χ1v) is 8.35. The highest BCUT2D eigenvalue weighted by Crippen LogP contribution is 2.32. The van der Waals surface area contributed by atoms with Crippen LogP contribution in [0.1, 0.15) is 43.3 Å². The molecule has 4 rings (SSSR count). The Bertz CT molecular complexity index is 871. The number of likely N-dealkylation sites (tertiary alicyclic amines) is 1. The van der Waals surface area contributed by atoms with Crippen LogP contribution in [0.5, 0.6) is 0 Å². The Kier molecular flexibility index (Phi) is 3.80. The molecule has 1 aliphatic rings. The number of hydrogen-bond donors (Lipinski definition) is 0. The fraction of sp³-hybridized carbons (Fsp3) is 0.471. The van der Waals surface area contributed by atoms with Crippen molar-refractivity contribution in [3.63, 3.8) is 0 Å². The van der Waals surface area contributed by atoms with Gasteiger partial charge in [0.25, 0.3) is 0 Å². The summed E-state index contributed by atoms with van der Waals surface area (Å²) >= 11 is 0. The minimum Gasteiger partial charge on any atom is -0.340 e. The molecule has 0 spiro atoms. The van der Waals surface area contributed by atoms with E-state index in [1.807, 2.05) is 6.07 Å². The first kappa shape index (κ1) is 15.3. The lowest BCUT2D eigenvalue weighted by molar-refractivity contribution is 0.226. The summed E-state index contributed by atoms with van der Waals surface area (Å²) in [6.07, 6.45) is 2.08.